The molecule has 154 valence electrons. The summed E-state index contributed by atoms with van der Waals surface area (Å²) in [5.41, 5.74) is -0.926. The number of rotatable bonds is 8. The second-order valence-corrected chi connectivity index (χ2v) is 9.04. The van der Waals surface area contributed by atoms with Crippen LogP contribution >= 0.6 is 0 Å². The summed E-state index contributed by atoms with van der Waals surface area (Å²) in [6.07, 6.45) is 1.76. The van der Waals surface area contributed by atoms with Gasteiger partial charge in [0.15, 0.2) is 0 Å². The minimum atomic E-state index is -0.743. The second-order valence-electron chi connectivity index (χ2n) is 9.04. The van der Waals surface area contributed by atoms with Crippen molar-refractivity contribution in [1.29, 1.82) is 0 Å². The van der Waals surface area contributed by atoms with E-state index in [1.54, 1.807) is 13.8 Å². The summed E-state index contributed by atoms with van der Waals surface area (Å²) in [5, 5.41) is 39.9. The zero-order valence-corrected chi connectivity index (χ0v) is 16.9. The van der Waals surface area contributed by atoms with Gasteiger partial charge in [0.05, 0.1) is 41.7 Å². The van der Waals surface area contributed by atoms with Crippen molar-refractivity contribution in [2.24, 2.45) is 11.8 Å². The first-order valence-electron chi connectivity index (χ1n) is 10.0. The van der Waals surface area contributed by atoms with E-state index in [2.05, 4.69) is 6.92 Å². The van der Waals surface area contributed by atoms with E-state index in [0.29, 0.717) is 6.42 Å². The highest BCUT2D eigenvalue weighted by Gasteiger charge is 2.51. The molecule has 0 bridgehead atoms. The molecule has 0 aliphatic carbocycles. The molecular formula is C20H38O6. The summed E-state index contributed by atoms with van der Waals surface area (Å²) in [7, 11) is 0. The number of aliphatic hydroxyl groups is 4. The monoisotopic (exact) mass is 374 g/mol. The van der Waals surface area contributed by atoms with E-state index in [9.17, 15) is 20.4 Å². The van der Waals surface area contributed by atoms with Crippen LogP contribution in [0.3, 0.4) is 0 Å². The Morgan fingerprint density at radius 3 is 2.19 bits per heavy atom. The summed E-state index contributed by atoms with van der Waals surface area (Å²) in [6.45, 7) is 9.25. The molecular weight excluding hydrogens is 336 g/mol. The second kappa shape index (κ2) is 8.41. The Labute approximate surface area is 157 Å². The van der Waals surface area contributed by atoms with Crippen molar-refractivity contribution in [1.82, 2.24) is 0 Å². The number of hydrogen-bond acceptors (Lipinski definition) is 6. The summed E-state index contributed by atoms with van der Waals surface area (Å²) >= 11 is 0. The molecule has 0 aromatic heterocycles. The minimum Gasteiger partial charge on any atom is -0.396 e. The molecule has 9 atom stereocenters. The number of ether oxygens (including phenoxy) is 2. The van der Waals surface area contributed by atoms with Crippen LogP contribution in [0.1, 0.15) is 66.7 Å². The van der Waals surface area contributed by atoms with Crippen molar-refractivity contribution in [3.63, 3.8) is 0 Å². The van der Waals surface area contributed by atoms with Gasteiger partial charge in [0.2, 0.25) is 0 Å². The molecule has 4 N–H and O–H groups in total. The third-order valence-electron chi connectivity index (χ3n) is 6.80. The molecule has 2 saturated heterocycles. The first-order chi connectivity index (χ1) is 12.0. The molecule has 0 radical (unpaired) electrons. The maximum absolute atomic E-state index is 10.5. The zero-order valence-electron chi connectivity index (χ0n) is 16.9. The number of aliphatic hydroxyl groups excluding tert-OH is 4. The van der Waals surface area contributed by atoms with Crippen LogP contribution in [0.4, 0.5) is 0 Å². The smallest absolute Gasteiger partial charge is 0.0920 e. The Hall–Kier alpha value is -0.240. The first kappa shape index (κ1) is 22.1. The SMILES string of the molecule is C[C@@H]([C@@H](O)[C@@H](C)CO)[C@H](O)C[C@H]1CC[C@](C)([C@@H]2CC[C@](C)([C@H](C)O)O2)O1. The maximum atomic E-state index is 10.5. The van der Waals surface area contributed by atoms with E-state index in [1.165, 1.54) is 0 Å². The van der Waals surface area contributed by atoms with Crippen LogP contribution in [0, 0.1) is 11.8 Å². The third kappa shape index (κ3) is 4.59. The van der Waals surface area contributed by atoms with E-state index in [4.69, 9.17) is 9.47 Å². The van der Waals surface area contributed by atoms with Crippen molar-refractivity contribution < 1.29 is 29.9 Å². The zero-order chi connectivity index (χ0) is 19.7. The molecule has 2 heterocycles. The largest absolute Gasteiger partial charge is 0.396 e. The van der Waals surface area contributed by atoms with Gasteiger partial charge in [-0.25, -0.2) is 0 Å². The number of hydrogen-bond donors (Lipinski definition) is 4. The van der Waals surface area contributed by atoms with E-state index in [1.807, 2.05) is 13.8 Å². The minimum absolute atomic E-state index is 0.0540. The molecule has 0 unspecified atom stereocenters. The molecule has 6 nitrogen and oxygen atoms in total. The third-order valence-corrected chi connectivity index (χ3v) is 6.80. The molecule has 0 saturated carbocycles. The van der Waals surface area contributed by atoms with E-state index in [-0.39, 0.29) is 30.7 Å². The molecule has 6 heteroatoms. The van der Waals surface area contributed by atoms with Crippen LogP contribution in [0.15, 0.2) is 0 Å². The Morgan fingerprint density at radius 1 is 1.00 bits per heavy atom. The average Bonchev–Trinajstić information content (AvgIpc) is 3.18. The van der Waals surface area contributed by atoms with E-state index in [0.717, 1.165) is 25.7 Å². The standard InChI is InChI=1S/C20H38O6/c1-12(11-21)18(24)13(2)16(23)10-15-6-8-20(5,25-15)17-7-9-19(4,26-17)14(3)22/h12-18,21-24H,6-11H2,1-5H3/t12-,13+,14-,15+,16+,17-,18-,19+,20+/m0/s1. The lowest BCUT2D eigenvalue weighted by molar-refractivity contribution is -0.172. The van der Waals surface area contributed by atoms with Gasteiger partial charge in [0, 0.05) is 18.4 Å². The van der Waals surface area contributed by atoms with Gasteiger partial charge in [-0.1, -0.05) is 13.8 Å². The predicted octanol–water partition coefficient (Wildman–Crippen LogP) is 1.62. The van der Waals surface area contributed by atoms with Gasteiger partial charge < -0.3 is 29.9 Å². The summed E-state index contributed by atoms with van der Waals surface area (Å²) in [5.74, 6) is -0.590. The quantitative estimate of drug-likeness (QED) is 0.515. The lowest BCUT2D eigenvalue weighted by Crippen LogP contribution is -2.44. The fourth-order valence-electron chi connectivity index (χ4n) is 4.28. The van der Waals surface area contributed by atoms with Gasteiger partial charge in [-0.05, 0) is 52.9 Å². The molecule has 0 aromatic rings. The van der Waals surface area contributed by atoms with Crippen molar-refractivity contribution in [2.45, 2.75) is 108 Å². The fraction of sp³-hybridized carbons (Fsp3) is 1.00. The fourth-order valence-corrected chi connectivity index (χ4v) is 4.28. The lowest BCUT2D eigenvalue weighted by atomic mass is 9.87. The molecule has 0 aromatic carbocycles. The predicted molar refractivity (Wildman–Crippen MR) is 98.7 cm³/mol. The molecule has 26 heavy (non-hydrogen) atoms. The van der Waals surface area contributed by atoms with E-state index >= 15 is 0 Å². The molecule has 2 aliphatic rings. The van der Waals surface area contributed by atoms with Gasteiger partial charge in [-0.15, -0.1) is 0 Å². The summed E-state index contributed by atoms with van der Waals surface area (Å²) in [6, 6.07) is 0. The highest BCUT2D eigenvalue weighted by molar-refractivity contribution is 5.00. The van der Waals surface area contributed by atoms with Gasteiger partial charge in [0.25, 0.3) is 0 Å². The van der Waals surface area contributed by atoms with Crippen LogP contribution in [-0.4, -0.2) is 68.8 Å². The topological polar surface area (TPSA) is 99.4 Å². The van der Waals surface area contributed by atoms with E-state index < -0.39 is 29.5 Å². The normalized spacial score (nSPS) is 41.0. The molecule has 0 spiro atoms. The van der Waals surface area contributed by atoms with Gasteiger partial charge in [-0.2, -0.15) is 0 Å². The van der Waals surface area contributed by atoms with Gasteiger partial charge in [-0.3, -0.25) is 0 Å². The highest BCUT2D eigenvalue weighted by atomic mass is 16.6. The Bertz CT molecular complexity index is 458. The molecule has 2 fully saturated rings. The van der Waals surface area contributed by atoms with Crippen molar-refractivity contribution >= 4 is 0 Å². The molecule has 2 rings (SSSR count). The summed E-state index contributed by atoms with van der Waals surface area (Å²) in [4.78, 5) is 0. The van der Waals surface area contributed by atoms with Gasteiger partial charge in [0.1, 0.15) is 0 Å². The van der Waals surface area contributed by atoms with Crippen LogP contribution in [-0.2, 0) is 9.47 Å². The van der Waals surface area contributed by atoms with Crippen molar-refractivity contribution in [2.75, 3.05) is 6.61 Å². The summed E-state index contributed by atoms with van der Waals surface area (Å²) < 4.78 is 12.5. The maximum Gasteiger partial charge on any atom is 0.0920 e. The van der Waals surface area contributed by atoms with Crippen LogP contribution in [0.25, 0.3) is 0 Å². The average molecular weight is 375 g/mol. The molecule has 0 amide bonds. The Morgan fingerprint density at radius 2 is 1.65 bits per heavy atom. The van der Waals surface area contributed by atoms with Crippen LogP contribution in [0.2, 0.25) is 0 Å². The molecule has 2 aliphatic heterocycles. The highest BCUT2D eigenvalue weighted by Crippen LogP contribution is 2.44. The van der Waals surface area contributed by atoms with Crippen molar-refractivity contribution in [3.8, 4) is 0 Å². The van der Waals surface area contributed by atoms with Crippen LogP contribution in [0.5, 0.6) is 0 Å². The first-order valence-corrected chi connectivity index (χ1v) is 10.0. The van der Waals surface area contributed by atoms with Crippen LogP contribution < -0.4 is 0 Å². The van der Waals surface area contributed by atoms with Gasteiger partial charge >= 0.3 is 0 Å². The lowest BCUT2D eigenvalue weighted by Gasteiger charge is -2.35. The Balaban J connectivity index is 1.90. The Kier molecular flexibility index (Phi) is 7.14. The van der Waals surface area contributed by atoms with Crippen molar-refractivity contribution in [3.05, 3.63) is 0 Å².